The highest BCUT2D eigenvalue weighted by molar-refractivity contribution is 5.94. The normalized spacial score (nSPS) is 14.8. The molecule has 1 fully saturated rings. The summed E-state index contributed by atoms with van der Waals surface area (Å²) in [7, 11) is 1.89. The van der Waals surface area contributed by atoms with Gasteiger partial charge in [0.15, 0.2) is 0 Å². The number of amides is 2. The molecule has 1 aliphatic rings. The number of nitrogens with zero attached hydrogens (tertiary/aromatic N) is 3. The maximum Gasteiger partial charge on any atom is 0.270 e. The number of rotatable bonds is 3. The lowest BCUT2D eigenvalue weighted by molar-refractivity contribution is -0.135. The zero-order valence-corrected chi connectivity index (χ0v) is 13.7. The van der Waals surface area contributed by atoms with Gasteiger partial charge in [0.25, 0.3) is 5.91 Å². The number of carbonyl (C=O) groups excluding carboxylic acids is 2. The zero-order valence-electron chi connectivity index (χ0n) is 13.7. The molecule has 6 nitrogen and oxygen atoms in total. The molecular formula is C18H21N3O3. The van der Waals surface area contributed by atoms with Gasteiger partial charge in [-0.2, -0.15) is 0 Å². The van der Waals surface area contributed by atoms with Gasteiger partial charge >= 0.3 is 0 Å². The number of piperazine rings is 1. The second-order valence-electron chi connectivity index (χ2n) is 5.86. The van der Waals surface area contributed by atoms with Gasteiger partial charge in [-0.25, -0.2) is 0 Å². The minimum atomic E-state index is -0.480. The van der Waals surface area contributed by atoms with E-state index in [4.69, 9.17) is 5.11 Å². The molecule has 0 bridgehead atoms. The first-order chi connectivity index (χ1) is 11.6. The standard InChI is InChI=1S/C18H21N3O3/c1-19-15(14-5-3-2-4-6-14)7-8-16(19)18(24)21-11-9-20(10-12-21)17(23)13-22/h2-8,22H,9-13H2,1H3. The van der Waals surface area contributed by atoms with Crippen LogP contribution in [0.5, 0.6) is 0 Å². The van der Waals surface area contributed by atoms with Gasteiger partial charge in [0, 0.05) is 38.9 Å². The number of hydrogen-bond donors (Lipinski definition) is 1. The molecule has 1 saturated heterocycles. The van der Waals surface area contributed by atoms with Crippen molar-refractivity contribution in [2.75, 3.05) is 32.8 Å². The van der Waals surface area contributed by atoms with E-state index in [0.29, 0.717) is 31.9 Å². The quantitative estimate of drug-likeness (QED) is 0.913. The Kier molecular flexibility index (Phi) is 4.66. The lowest BCUT2D eigenvalue weighted by Crippen LogP contribution is -2.51. The van der Waals surface area contributed by atoms with Crippen molar-refractivity contribution in [1.82, 2.24) is 14.4 Å². The fourth-order valence-electron chi connectivity index (χ4n) is 3.05. The fraction of sp³-hybridized carbons (Fsp3) is 0.333. The molecule has 126 valence electrons. The Morgan fingerprint density at radius 3 is 2.21 bits per heavy atom. The molecule has 2 amide bonds. The summed E-state index contributed by atoms with van der Waals surface area (Å²) >= 11 is 0. The van der Waals surface area contributed by atoms with E-state index in [0.717, 1.165) is 11.3 Å². The summed E-state index contributed by atoms with van der Waals surface area (Å²) in [4.78, 5) is 27.6. The van der Waals surface area contributed by atoms with Crippen LogP contribution in [-0.2, 0) is 11.8 Å². The lowest BCUT2D eigenvalue weighted by atomic mass is 10.2. The molecule has 1 aromatic heterocycles. The average Bonchev–Trinajstić information content (AvgIpc) is 3.02. The van der Waals surface area contributed by atoms with Crippen molar-refractivity contribution in [1.29, 1.82) is 0 Å². The molecular weight excluding hydrogens is 306 g/mol. The molecule has 3 rings (SSSR count). The SMILES string of the molecule is Cn1c(C(=O)N2CCN(C(=O)CO)CC2)ccc1-c1ccccc1. The molecule has 2 heterocycles. The Labute approximate surface area is 140 Å². The molecule has 0 unspecified atom stereocenters. The van der Waals surface area contributed by atoms with Crippen LogP contribution in [0.2, 0.25) is 0 Å². The van der Waals surface area contributed by atoms with Gasteiger partial charge in [-0.15, -0.1) is 0 Å². The number of aliphatic hydroxyl groups excluding tert-OH is 1. The number of aliphatic hydroxyl groups is 1. The van der Waals surface area contributed by atoms with Crippen LogP contribution >= 0.6 is 0 Å². The Hall–Kier alpha value is -2.60. The smallest absolute Gasteiger partial charge is 0.270 e. The summed E-state index contributed by atoms with van der Waals surface area (Å²) in [5, 5.41) is 8.91. The molecule has 2 aromatic rings. The topological polar surface area (TPSA) is 65.8 Å². The zero-order chi connectivity index (χ0) is 17.1. The maximum atomic E-state index is 12.8. The van der Waals surface area contributed by atoms with Crippen LogP contribution in [0, 0.1) is 0 Å². The number of hydrogen-bond acceptors (Lipinski definition) is 3. The van der Waals surface area contributed by atoms with Crippen molar-refractivity contribution in [3.8, 4) is 11.3 Å². The van der Waals surface area contributed by atoms with E-state index >= 15 is 0 Å². The number of benzene rings is 1. The van der Waals surface area contributed by atoms with Crippen LogP contribution in [0.1, 0.15) is 10.5 Å². The first-order valence-electron chi connectivity index (χ1n) is 8.01. The monoisotopic (exact) mass is 327 g/mol. The fourth-order valence-corrected chi connectivity index (χ4v) is 3.05. The van der Waals surface area contributed by atoms with Crippen molar-refractivity contribution in [3.05, 3.63) is 48.2 Å². The Morgan fingerprint density at radius 1 is 0.958 bits per heavy atom. The second-order valence-corrected chi connectivity index (χ2v) is 5.86. The molecule has 0 spiro atoms. The number of aromatic nitrogens is 1. The first kappa shape index (κ1) is 16.3. The van der Waals surface area contributed by atoms with Gasteiger partial charge in [0.2, 0.25) is 5.91 Å². The van der Waals surface area contributed by atoms with Crippen LogP contribution in [0.15, 0.2) is 42.5 Å². The molecule has 0 aliphatic carbocycles. The third kappa shape index (κ3) is 3.05. The highest BCUT2D eigenvalue weighted by Gasteiger charge is 2.26. The van der Waals surface area contributed by atoms with E-state index in [1.165, 1.54) is 0 Å². The molecule has 1 N–H and O–H groups in total. The largest absolute Gasteiger partial charge is 0.387 e. The molecule has 1 aliphatic heterocycles. The van der Waals surface area contributed by atoms with Crippen LogP contribution in [0.4, 0.5) is 0 Å². The van der Waals surface area contributed by atoms with E-state index in [9.17, 15) is 9.59 Å². The number of carbonyl (C=O) groups is 2. The van der Waals surface area contributed by atoms with Gasteiger partial charge < -0.3 is 19.5 Å². The summed E-state index contributed by atoms with van der Waals surface area (Å²) in [5.74, 6) is -0.317. The van der Waals surface area contributed by atoms with E-state index in [-0.39, 0.29) is 11.8 Å². The third-order valence-electron chi connectivity index (χ3n) is 4.47. The van der Waals surface area contributed by atoms with Crippen molar-refractivity contribution >= 4 is 11.8 Å². The van der Waals surface area contributed by atoms with Crippen molar-refractivity contribution < 1.29 is 14.7 Å². The predicted molar refractivity (Wildman–Crippen MR) is 90.4 cm³/mol. The maximum absolute atomic E-state index is 12.8. The van der Waals surface area contributed by atoms with E-state index in [2.05, 4.69) is 0 Å². The predicted octanol–water partition coefficient (Wildman–Crippen LogP) is 0.969. The summed E-state index contributed by atoms with van der Waals surface area (Å²) in [6.07, 6.45) is 0. The molecule has 0 atom stereocenters. The summed E-state index contributed by atoms with van der Waals surface area (Å²) in [5.41, 5.74) is 2.70. The van der Waals surface area contributed by atoms with Gasteiger partial charge in [0.05, 0.1) is 0 Å². The molecule has 0 saturated carbocycles. The molecule has 1 aromatic carbocycles. The minimum Gasteiger partial charge on any atom is -0.387 e. The highest BCUT2D eigenvalue weighted by atomic mass is 16.3. The summed E-state index contributed by atoms with van der Waals surface area (Å²) < 4.78 is 1.91. The van der Waals surface area contributed by atoms with Crippen LogP contribution in [-0.4, -0.2) is 64.1 Å². The van der Waals surface area contributed by atoms with Crippen LogP contribution in [0.3, 0.4) is 0 Å². The summed E-state index contributed by atoms with van der Waals surface area (Å²) in [6, 6.07) is 13.7. The van der Waals surface area contributed by atoms with E-state index < -0.39 is 6.61 Å². The Balaban J connectivity index is 1.73. The van der Waals surface area contributed by atoms with Gasteiger partial charge in [-0.05, 0) is 17.7 Å². The highest BCUT2D eigenvalue weighted by Crippen LogP contribution is 2.22. The Bertz CT molecular complexity index is 731. The summed E-state index contributed by atoms with van der Waals surface area (Å²) in [6.45, 7) is 1.40. The third-order valence-corrected chi connectivity index (χ3v) is 4.47. The van der Waals surface area contributed by atoms with Crippen molar-refractivity contribution in [2.24, 2.45) is 7.05 Å². The molecule has 6 heteroatoms. The van der Waals surface area contributed by atoms with Crippen molar-refractivity contribution in [3.63, 3.8) is 0 Å². The molecule has 24 heavy (non-hydrogen) atoms. The van der Waals surface area contributed by atoms with Gasteiger partial charge in [-0.1, -0.05) is 30.3 Å². The van der Waals surface area contributed by atoms with Crippen LogP contribution in [0.25, 0.3) is 11.3 Å². The second kappa shape index (κ2) is 6.88. The van der Waals surface area contributed by atoms with Gasteiger partial charge in [-0.3, -0.25) is 9.59 Å². The van der Waals surface area contributed by atoms with E-state index in [1.807, 2.05) is 54.1 Å². The first-order valence-corrected chi connectivity index (χ1v) is 8.01. The average molecular weight is 327 g/mol. The van der Waals surface area contributed by atoms with Crippen LogP contribution < -0.4 is 0 Å². The minimum absolute atomic E-state index is 0.0317. The lowest BCUT2D eigenvalue weighted by Gasteiger charge is -2.34. The van der Waals surface area contributed by atoms with E-state index in [1.54, 1.807) is 9.80 Å². The molecule has 0 radical (unpaired) electrons. The Morgan fingerprint density at radius 2 is 1.58 bits per heavy atom. The van der Waals surface area contributed by atoms with Crippen molar-refractivity contribution in [2.45, 2.75) is 0 Å². The van der Waals surface area contributed by atoms with Gasteiger partial charge in [0.1, 0.15) is 12.3 Å².